The standard InChI is InChI=1S/C10H11O/c1-8-5-3-4-6-10(8)9(2)7-11/h3-6,9H,1-2H3. The molecule has 57 valence electrons. The van der Waals surface area contributed by atoms with E-state index in [1.807, 2.05) is 44.4 Å². The van der Waals surface area contributed by atoms with Crippen LogP contribution in [0.5, 0.6) is 0 Å². The maximum atomic E-state index is 10.3. The maximum Gasteiger partial charge on any atom is 0.206 e. The Balaban J connectivity index is 3.02. The van der Waals surface area contributed by atoms with E-state index in [0.717, 1.165) is 11.1 Å². The Hall–Kier alpha value is -1.11. The molecule has 1 rings (SSSR count). The third-order valence-electron chi connectivity index (χ3n) is 1.83. The molecule has 0 aliphatic heterocycles. The van der Waals surface area contributed by atoms with Gasteiger partial charge in [-0.25, -0.2) is 0 Å². The van der Waals surface area contributed by atoms with Crippen LogP contribution in [-0.2, 0) is 4.79 Å². The van der Waals surface area contributed by atoms with Gasteiger partial charge in [-0.05, 0) is 18.1 Å². The predicted molar refractivity (Wildman–Crippen MR) is 45.3 cm³/mol. The Labute approximate surface area is 67.1 Å². The van der Waals surface area contributed by atoms with E-state index < -0.39 is 0 Å². The molecule has 0 amide bonds. The molecule has 0 N–H and O–H groups in total. The van der Waals surface area contributed by atoms with Crippen LogP contribution in [0.3, 0.4) is 0 Å². The van der Waals surface area contributed by atoms with Gasteiger partial charge in [0.1, 0.15) is 0 Å². The summed E-state index contributed by atoms with van der Waals surface area (Å²) in [4.78, 5) is 10.3. The summed E-state index contributed by atoms with van der Waals surface area (Å²) in [6.07, 6.45) is 1.97. The molecular formula is C10H11O. The van der Waals surface area contributed by atoms with Crippen LogP contribution in [0.15, 0.2) is 24.3 Å². The lowest BCUT2D eigenvalue weighted by Gasteiger charge is -2.05. The summed E-state index contributed by atoms with van der Waals surface area (Å²) < 4.78 is 0. The predicted octanol–water partition coefficient (Wildman–Crippen LogP) is 2.21. The zero-order chi connectivity index (χ0) is 8.27. The molecule has 1 aromatic carbocycles. The number of aryl methyl sites for hydroxylation is 1. The van der Waals surface area contributed by atoms with Crippen molar-refractivity contribution in [2.24, 2.45) is 0 Å². The van der Waals surface area contributed by atoms with Gasteiger partial charge in [0, 0.05) is 5.92 Å². The number of rotatable bonds is 2. The quantitative estimate of drug-likeness (QED) is 0.626. The molecule has 1 aromatic rings. The molecule has 0 heterocycles. The van der Waals surface area contributed by atoms with Crippen molar-refractivity contribution in [3.05, 3.63) is 35.4 Å². The lowest BCUT2D eigenvalue weighted by atomic mass is 9.98. The molecular weight excluding hydrogens is 136 g/mol. The first kappa shape index (κ1) is 7.99. The van der Waals surface area contributed by atoms with Gasteiger partial charge in [-0.15, -0.1) is 0 Å². The van der Waals surface area contributed by atoms with Crippen molar-refractivity contribution in [3.63, 3.8) is 0 Å². The first-order valence-corrected chi connectivity index (χ1v) is 3.69. The van der Waals surface area contributed by atoms with E-state index in [4.69, 9.17) is 0 Å². The molecule has 0 saturated carbocycles. The van der Waals surface area contributed by atoms with Crippen molar-refractivity contribution in [1.82, 2.24) is 0 Å². The topological polar surface area (TPSA) is 17.1 Å². The van der Waals surface area contributed by atoms with Crippen LogP contribution < -0.4 is 0 Å². The second kappa shape index (κ2) is 3.33. The highest BCUT2D eigenvalue weighted by Gasteiger charge is 2.05. The summed E-state index contributed by atoms with van der Waals surface area (Å²) in [5, 5.41) is 0. The van der Waals surface area contributed by atoms with Crippen molar-refractivity contribution in [3.8, 4) is 0 Å². The molecule has 0 aromatic heterocycles. The molecule has 1 heteroatoms. The van der Waals surface area contributed by atoms with Gasteiger partial charge >= 0.3 is 0 Å². The van der Waals surface area contributed by atoms with Gasteiger partial charge in [0.25, 0.3) is 0 Å². The van der Waals surface area contributed by atoms with Crippen molar-refractivity contribution < 1.29 is 4.79 Å². The third kappa shape index (κ3) is 1.67. The van der Waals surface area contributed by atoms with Gasteiger partial charge in [-0.2, -0.15) is 0 Å². The van der Waals surface area contributed by atoms with E-state index in [1.54, 1.807) is 0 Å². The SMILES string of the molecule is Cc1ccccc1C(C)[C]=O. The maximum absolute atomic E-state index is 10.3. The Morgan fingerprint density at radius 1 is 1.36 bits per heavy atom. The zero-order valence-electron chi connectivity index (χ0n) is 6.79. The monoisotopic (exact) mass is 147 g/mol. The summed E-state index contributed by atoms with van der Waals surface area (Å²) in [6, 6.07) is 7.88. The Bertz CT molecular complexity index is 253. The minimum absolute atomic E-state index is 0.101. The fourth-order valence-electron chi connectivity index (χ4n) is 1.14. The largest absolute Gasteiger partial charge is 0.290 e. The molecule has 1 unspecified atom stereocenters. The summed E-state index contributed by atoms with van der Waals surface area (Å²) in [6.45, 7) is 3.86. The second-order valence-electron chi connectivity index (χ2n) is 2.70. The van der Waals surface area contributed by atoms with Gasteiger partial charge in [0.2, 0.25) is 6.29 Å². The highest BCUT2D eigenvalue weighted by molar-refractivity contribution is 5.63. The molecule has 1 atom stereocenters. The fraction of sp³-hybridized carbons (Fsp3) is 0.300. The van der Waals surface area contributed by atoms with E-state index >= 15 is 0 Å². The Kier molecular flexibility index (Phi) is 2.42. The molecule has 0 aliphatic carbocycles. The van der Waals surface area contributed by atoms with Crippen molar-refractivity contribution in [1.29, 1.82) is 0 Å². The summed E-state index contributed by atoms with van der Waals surface area (Å²) in [5.74, 6) is -0.101. The van der Waals surface area contributed by atoms with Crippen LogP contribution in [0, 0.1) is 6.92 Å². The van der Waals surface area contributed by atoms with Gasteiger partial charge < -0.3 is 0 Å². The second-order valence-corrected chi connectivity index (χ2v) is 2.70. The van der Waals surface area contributed by atoms with Crippen molar-refractivity contribution in [2.45, 2.75) is 19.8 Å². The van der Waals surface area contributed by atoms with Crippen molar-refractivity contribution in [2.75, 3.05) is 0 Å². The molecule has 0 bridgehead atoms. The third-order valence-corrected chi connectivity index (χ3v) is 1.83. The van der Waals surface area contributed by atoms with Gasteiger partial charge in [0.05, 0.1) is 0 Å². The molecule has 1 radical (unpaired) electrons. The highest BCUT2D eigenvalue weighted by atomic mass is 16.1. The minimum Gasteiger partial charge on any atom is -0.290 e. The molecule has 11 heavy (non-hydrogen) atoms. The Morgan fingerprint density at radius 2 is 2.00 bits per heavy atom. The van der Waals surface area contributed by atoms with Crippen molar-refractivity contribution >= 4 is 6.29 Å². The van der Waals surface area contributed by atoms with Gasteiger partial charge in [0.15, 0.2) is 0 Å². The van der Waals surface area contributed by atoms with Crippen LogP contribution in [-0.4, -0.2) is 6.29 Å². The van der Waals surface area contributed by atoms with E-state index in [0.29, 0.717) is 0 Å². The highest BCUT2D eigenvalue weighted by Crippen LogP contribution is 2.16. The molecule has 0 fully saturated rings. The molecule has 0 aliphatic rings. The lowest BCUT2D eigenvalue weighted by molar-refractivity contribution is 0.546. The molecule has 0 spiro atoms. The summed E-state index contributed by atoms with van der Waals surface area (Å²) >= 11 is 0. The van der Waals surface area contributed by atoms with Crippen LogP contribution in [0.2, 0.25) is 0 Å². The zero-order valence-corrected chi connectivity index (χ0v) is 6.79. The van der Waals surface area contributed by atoms with E-state index in [-0.39, 0.29) is 5.92 Å². The average molecular weight is 147 g/mol. The minimum atomic E-state index is -0.101. The number of carbonyl (C=O) groups excluding carboxylic acids is 1. The molecule has 1 nitrogen and oxygen atoms in total. The number of hydrogen-bond acceptors (Lipinski definition) is 1. The Morgan fingerprint density at radius 3 is 2.55 bits per heavy atom. The first-order valence-electron chi connectivity index (χ1n) is 3.69. The first-order chi connectivity index (χ1) is 5.25. The fourth-order valence-corrected chi connectivity index (χ4v) is 1.14. The summed E-state index contributed by atoms with van der Waals surface area (Å²) in [7, 11) is 0. The van der Waals surface area contributed by atoms with E-state index in [1.165, 1.54) is 0 Å². The average Bonchev–Trinajstić information content (AvgIpc) is 2.04. The van der Waals surface area contributed by atoms with Crippen LogP contribution in [0.1, 0.15) is 24.0 Å². The number of hydrogen-bond donors (Lipinski definition) is 0. The summed E-state index contributed by atoms with van der Waals surface area (Å²) in [5.41, 5.74) is 2.23. The lowest BCUT2D eigenvalue weighted by Crippen LogP contribution is -1.96. The van der Waals surface area contributed by atoms with Crippen LogP contribution in [0.25, 0.3) is 0 Å². The van der Waals surface area contributed by atoms with Gasteiger partial charge in [-0.1, -0.05) is 31.2 Å². The van der Waals surface area contributed by atoms with Gasteiger partial charge in [-0.3, -0.25) is 4.79 Å². The smallest absolute Gasteiger partial charge is 0.206 e. The van der Waals surface area contributed by atoms with E-state index in [2.05, 4.69) is 0 Å². The van der Waals surface area contributed by atoms with E-state index in [9.17, 15) is 4.79 Å². The number of benzene rings is 1. The van der Waals surface area contributed by atoms with Crippen LogP contribution >= 0.6 is 0 Å². The molecule has 0 saturated heterocycles. The van der Waals surface area contributed by atoms with Crippen LogP contribution in [0.4, 0.5) is 0 Å². The normalized spacial score (nSPS) is 12.5.